The number of imidazole rings is 2. The number of hydrogen-bond donors (Lipinski definition) is 4. The Hall–Kier alpha value is -5.66. The number of aromatic amines is 2. The van der Waals surface area contributed by atoms with E-state index in [1.165, 1.54) is 20.6 Å². The van der Waals surface area contributed by atoms with Crippen LogP contribution in [-0.2, 0) is 19.1 Å². The van der Waals surface area contributed by atoms with Crippen LogP contribution in [-0.4, -0.2) is 100 Å². The highest BCUT2D eigenvalue weighted by molar-refractivity contribution is 5.83. The van der Waals surface area contributed by atoms with Crippen molar-refractivity contribution in [3.63, 3.8) is 0 Å². The molecule has 1 saturated heterocycles. The Balaban J connectivity index is 0.000000451. The predicted octanol–water partition coefficient (Wildman–Crippen LogP) is 7.98. The summed E-state index contributed by atoms with van der Waals surface area (Å²) in [5, 5.41) is 4.85. The molecule has 0 bridgehead atoms. The number of rotatable bonds is 12. The van der Waals surface area contributed by atoms with Crippen LogP contribution < -0.4 is 10.6 Å². The number of aromatic nitrogens is 4. The molecule has 2 atom stereocenters. The van der Waals surface area contributed by atoms with Crippen molar-refractivity contribution in [2.75, 3.05) is 40.4 Å². The van der Waals surface area contributed by atoms with E-state index in [-0.39, 0.29) is 30.9 Å². The zero-order valence-electron chi connectivity index (χ0n) is 34.6. The summed E-state index contributed by atoms with van der Waals surface area (Å²) in [6.45, 7) is 15.5. The normalized spacial score (nSPS) is 13.3. The quantitative estimate of drug-likeness (QED) is 0.112. The Bertz CT molecular complexity index is 1720. The lowest BCUT2D eigenvalue weighted by Gasteiger charge is -2.27. The lowest BCUT2D eigenvalue weighted by atomic mass is 10.0. The average molecular weight is 775 g/mol. The van der Waals surface area contributed by atoms with Crippen LogP contribution in [0.15, 0.2) is 67.3 Å². The van der Waals surface area contributed by atoms with Gasteiger partial charge in [0.25, 0.3) is 0 Å². The third kappa shape index (κ3) is 14.2. The summed E-state index contributed by atoms with van der Waals surface area (Å²) in [7, 11) is 2.55. The lowest BCUT2D eigenvalue weighted by Crippen LogP contribution is -2.42. The van der Waals surface area contributed by atoms with Gasteiger partial charge in [-0.05, 0) is 54.9 Å². The monoisotopic (exact) mass is 774 g/mol. The second-order valence-electron chi connectivity index (χ2n) is 12.8. The third-order valence-electron chi connectivity index (χ3n) is 8.77. The van der Waals surface area contributed by atoms with E-state index in [0.717, 1.165) is 65.9 Å². The molecule has 2 unspecified atom stereocenters. The van der Waals surface area contributed by atoms with Gasteiger partial charge in [0.15, 0.2) is 0 Å². The molecule has 14 nitrogen and oxygen atoms in total. The van der Waals surface area contributed by atoms with Gasteiger partial charge in [-0.25, -0.2) is 19.6 Å². The van der Waals surface area contributed by atoms with Crippen molar-refractivity contribution in [1.29, 1.82) is 0 Å². The molecule has 1 fully saturated rings. The predicted molar refractivity (Wildman–Crippen MR) is 221 cm³/mol. The number of likely N-dealkylation sites (tertiary alicyclic amines) is 1. The van der Waals surface area contributed by atoms with Crippen LogP contribution in [0.1, 0.15) is 92.4 Å². The van der Waals surface area contributed by atoms with Crippen molar-refractivity contribution in [2.24, 2.45) is 0 Å². The molecule has 0 spiro atoms. The maximum absolute atomic E-state index is 12.7. The summed E-state index contributed by atoms with van der Waals surface area (Å²) in [5.41, 5.74) is 6.18. The highest BCUT2D eigenvalue weighted by Crippen LogP contribution is 2.28. The van der Waals surface area contributed by atoms with Gasteiger partial charge < -0.3 is 39.9 Å². The maximum Gasteiger partial charge on any atom is 0.407 e. The Morgan fingerprint density at radius 2 is 1.38 bits per heavy atom. The summed E-state index contributed by atoms with van der Waals surface area (Å²) >= 11 is 0. The number of benzene rings is 2. The van der Waals surface area contributed by atoms with E-state index < -0.39 is 12.2 Å². The third-order valence-corrected chi connectivity index (χ3v) is 8.77. The molecular formula is C42H62N8O6. The molecule has 2 aromatic carbocycles. The van der Waals surface area contributed by atoms with E-state index in [4.69, 9.17) is 0 Å². The number of alkyl carbamates (subject to hydrolysis) is 2. The zero-order chi connectivity index (χ0) is 41.5. The molecule has 4 aromatic rings. The molecule has 2 aromatic heterocycles. The molecule has 4 amide bonds. The van der Waals surface area contributed by atoms with Gasteiger partial charge in [0, 0.05) is 19.1 Å². The van der Waals surface area contributed by atoms with Crippen LogP contribution in [0.5, 0.6) is 0 Å². The molecule has 306 valence electrons. The molecule has 56 heavy (non-hydrogen) atoms. The molecule has 5 rings (SSSR count). The first-order chi connectivity index (χ1) is 27.1. The minimum Gasteiger partial charge on any atom is -0.453 e. The number of carbonyl (C=O) groups is 4. The highest BCUT2D eigenvalue weighted by Gasteiger charge is 2.27. The SMILES string of the molecule is CC.CCC.CCC1CCCN1C(=O)CNC(=O)OC.CCCN(C(=O)CNC(=O)OC)C(C)c1ncc(-c2ccc(-c3ccc(-c4cnc[nH]4)cc3)cc2)[nH]1. The van der Waals surface area contributed by atoms with Crippen LogP contribution in [0.25, 0.3) is 33.6 Å². The average Bonchev–Trinajstić information content (AvgIpc) is 4.05. The standard InChI is InChI=1S/C27H30N6O3.C10H18N2O3.C3H8.C2H6/c1-4-13-33(25(34)16-30-27(35)36-3)18(2)26-29-15-24(32-26)22-11-7-20(8-12-22)19-5-9-21(10-6-19)23-14-28-17-31-23;1-3-8-5-4-6-12(8)9(13)7-11-10(14)15-2;1-3-2;1-2/h5-12,14-15,17-18H,4,13,16H2,1-3H3,(H,28,31)(H,29,32)(H,30,35);8H,3-7H2,1-2H3,(H,11,14);3H2,1-2H3;1-2H3. The second kappa shape index (κ2) is 25.4. The summed E-state index contributed by atoms with van der Waals surface area (Å²) < 4.78 is 8.95. The summed E-state index contributed by atoms with van der Waals surface area (Å²) in [6, 6.07) is 16.7. The topological polar surface area (TPSA) is 175 Å². The number of amides is 4. The summed E-state index contributed by atoms with van der Waals surface area (Å²) in [5.74, 6) is 0.462. The van der Waals surface area contributed by atoms with Gasteiger partial charge in [0.1, 0.15) is 18.9 Å². The fourth-order valence-corrected chi connectivity index (χ4v) is 5.95. The fraction of sp³-hybridized carbons (Fsp3) is 0.476. The van der Waals surface area contributed by atoms with Gasteiger partial charge >= 0.3 is 12.2 Å². The van der Waals surface area contributed by atoms with E-state index in [9.17, 15) is 19.2 Å². The molecule has 0 saturated carbocycles. The van der Waals surface area contributed by atoms with Gasteiger partial charge in [-0.15, -0.1) is 0 Å². The molecule has 4 N–H and O–H groups in total. The fourth-order valence-electron chi connectivity index (χ4n) is 5.95. The van der Waals surface area contributed by atoms with E-state index >= 15 is 0 Å². The first-order valence-corrected chi connectivity index (χ1v) is 19.6. The van der Waals surface area contributed by atoms with Gasteiger partial charge in [-0.1, -0.05) is 96.5 Å². The summed E-state index contributed by atoms with van der Waals surface area (Å²) in [6.07, 6.45) is 9.20. The van der Waals surface area contributed by atoms with Crippen LogP contribution in [0.3, 0.4) is 0 Å². The van der Waals surface area contributed by atoms with Crippen molar-refractivity contribution < 1.29 is 28.7 Å². The first kappa shape index (κ1) is 46.5. The highest BCUT2D eigenvalue weighted by atomic mass is 16.5. The number of hydrogen-bond acceptors (Lipinski definition) is 8. The summed E-state index contributed by atoms with van der Waals surface area (Å²) in [4.78, 5) is 65.2. The van der Waals surface area contributed by atoms with Crippen LogP contribution in [0, 0.1) is 0 Å². The van der Waals surface area contributed by atoms with Crippen molar-refractivity contribution in [2.45, 2.75) is 92.7 Å². The first-order valence-electron chi connectivity index (χ1n) is 19.6. The number of nitrogens with one attached hydrogen (secondary N) is 4. The number of methoxy groups -OCH3 is 2. The van der Waals surface area contributed by atoms with Crippen LogP contribution >= 0.6 is 0 Å². The van der Waals surface area contributed by atoms with Gasteiger partial charge in [0.05, 0.1) is 50.4 Å². The Kier molecular flexibility index (Phi) is 21.1. The van der Waals surface area contributed by atoms with Crippen molar-refractivity contribution in [3.05, 3.63) is 73.1 Å². The van der Waals surface area contributed by atoms with Crippen molar-refractivity contribution in [1.82, 2.24) is 40.4 Å². The molecular weight excluding hydrogens is 713 g/mol. The van der Waals surface area contributed by atoms with E-state index in [0.29, 0.717) is 18.4 Å². The van der Waals surface area contributed by atoms with E-state index in [1.54, 1.807) is 23.6 Å². The lowest BCUT2D eigenvalue weighted by molar-refractivity contribution is -0.132. The van der Waals surface area contributed by atoms with E-state index in [1.807, 2.05) is 32.6 Å². The minimum absolute atomic E-state index is 0.0234. The largest absolute Gasteiger partial charge is 0.453 e. The Labute approximate surface area is 332 Å². The van der Waals surface area contributed by atoms with E-state index in [2.05, 4.69) is 109 Å². The van der Waals surface area contributed by atoms with Crippen LogP contribution in [0.4, 0.5) is 9.59 Å². The molecule has 1 aliphatic heterocycles. The second-order valence-corrected chi connectivity index (χ2v) is 12.8. The van der Waals surface area contributed by atoms with Gasteiger partial charge in [0.2, 0.25) is 11.8 Å². The molecule has 1 aliphatic rings. The number of ether oxygens (including phenoxy) is 2. The molecule has 3 heterocycles. The molecule has 14 heteroatoms. The van der Waals surface area contributed by atoms with Crippen molar-refractivity contribution >= 4 is 24.0 Å². The maximum atomic E-state index is 12.7. The van der Waals surface area contributed by atoms with Gasteiger partial charge in [-0.3, -0.25) is 9.59 Å². The van der Waals surface area contributed by atoms with Gasteiger partial charge in [-0.2, -0.15) is 0 Å². The van der Waals surface area contributed by atoms with Crippen molar-refractivity contribution in [3.8, 4) is 33.6 Å². The molecule has 0 aliphatic carbocycles. The number of nitrogens with zero attached hydrogens (tertiary/aromatic N) is 4. The van der Waals surface area contributed by atoms with Crippen LogP contribution in [0.2, 0.25) is 0 Å². The smallest absolute Gasteiger partial charge is 0.407 e. The minimum atomic E-state index is -0.634. The number of H-pyrrole nitrogens is 2. The Morgan fingerprint density at radius 3 is 1.88 bits per heavy atom. The Morgan fingerprint density at radius 1 is 0.839 bits per heavy atom. The molecule has 0 radical (unpaired) electrons. The number of carbonyl (C=O) groups excluding carboxylic acids is 4. The zero-order valence-corrected chi connectivity index (χ0v) is 34.6.